The third kappa shape index (κ3) is 6.57. The summed E-state index contributed by atoms with van der Waals surface area (Å²) in [6.07, 6.45) is 0. The molecule has 128 valence electrons. The van der Waals surface area contributed by atoms with Crippen LogP contribution in [-0.2, 0) is 0 Å². The lowest BCUT2D eigenvalue weighted by atomic mass is 9.89. The van der Waals surface area contributed by atoms with Crippen molar-refractivity contribution in [1.82, 2.24) is 0 Å². The number of benzene rings is 1. The lowest BCUT2D eigenvalue weighted by molar-refractivity contribution is 0.229. The second-order valence-electron chi connectivity index (χ2n) is 7.09. The minimum absolute atomic E-state index is 0.320. The normalized spacial score (nSPS) is 13.4. The highest BCUT2D eigenvalue weighted by atomic mass is 16.5. The van der Waals surface area contributed by atoms with Crippen LogP contribution in [0.3, 0.4) is 0 Å². The summed E-state index contributed by atoms with van der Waals surface area (Å²) >= 11 is 0. The molecule has 1 aromatic rings. The van der Waals surface area contributed by atoms with Crippen LogP contribution in [-0.4, -0.2) is 13.2 Å². The van der Waals surface area contributed by atoms with E-state index in [0.29, 0.717) is 36.9 Å². The van der Waals surface area contributed by atoms with E-state index < -0.39 is 0 Å². The monoisotopic (exact) mass is 316 g/mol. The molecule has 0 heterocycles. The maximum absolute atomic E-state index is 6.00. The van der Waals surface area contributed by atoms with E-state index in [0.717, 1.165) is 11.5 Å². The van der Waals surface area contributed by atoms with E-state index in [1.807, 2.05) is 13.0 Å². The van der Waals surface area contributed by atoms with Gasteiger partial charge in [-0.25, -0.2) is 0 Å². The molecule has 0 spiro atoms. The summed E-state index contributed by atoms with van der Waals surface area (Å²) in [4.78, 5) is 0. The van der Waals surface area contributed by atoms with Crippen LogP contribution in [0.1, 0.15) is 59.9 Å². The molecule has 1 rings (SSSR count). The molecule has 2 unspecified atom stereocenters. The fourth-order valence-electron chi connectivity index (χ4n) is 2.19. The predicted octanol–water partition coefficient (Wildman–Crippen LogP) is 5.52. The highest BCUT2D eigenvalue weighted by molar-refractivity contribution is 5.44. The van der Waals surface area contributed by atoms with Crippen molar-refractivity contribution in [3.05, 3.63) is 23.8 Å². The van der Waals surface area contributed by atoms with Gasteiger partial charge in [0.05, 0.1) is 13.2 Å². The third-order valence-electron chi connectivity index (χ3n) is 3.76. The van der Waals surface area contributed by atoms with E-state index in [-0.39, 0.29) is 0 Å². The van der Waals surface area contributed by atoms with E-state index in [1.54, 1.807) is 0 Å². The zero-order chi connectivity index (χ0) is 17.4. The van der Waals surface area contributed by atoms with Gasteiger partial charge in [-0.1, -0.05) is 53.5 Å². The maximum atomic E-state index is 6.00. The van der Waals surface area contributed by atoms with Crippen molar-refractivity contribution in [3.63, 3.8) is 0 Å². The Balaban J connectivity index is 3.01. The molecular weight excluding hydrogens is 284 g/mol. The number of rotatable bonds is 8. The molecule has 2 heteroatoms. The van der Waals surface area contributed by atoms with Gasteiger partial charge in [0.2, 0.25) is 0 Å². The highest BCUT2D eigenvalue weighted by Crippen LogP contribution is 2.34. The van der Waals surface area contributed by atoms with E-state index in [1.165, 1.54) is 5.56 Å². The number of hydrogen-bond acceptors (Lipinski definition) is 2. The molecule has 0 aliphatic carbocycles. The first-order chi connectivity index (χ1) is 10.8. The SMILES string of the molecule is CC#CC(C)C(C)c1ccc(OCC(C)C)c(OCC(C)C)c1. The summed E-state index contributed by atoms with van der Waals surface area (Å²) in [5.74, 6) is 9.60. The average Bonchev–Trinajstić information content (AvgIpc) is 2.50. The smallest absolute Gasteiger partial charge is 0.161 e. The first kappa shape index (κ1) is 19.4. The van der Waals surface area contributed by atoms with Crippen LogP contribution in [0.2, 0.25) is 0 Å². The molecule has 0 aromatic heterocycles. The van der Waals surface area contributed by atoms with Gasteiger partial charge in [-0.2, -0.15) is 0 Å². The van der Waals surface area contributed by atoms with E-state index in [4.69, 9.17) is 9.47 Å². The van der Waals surface area contributed by atoms with Gasteiger partial charge < -0.3 is 9.47 Å². The van der Waals surface area contributed by atoms with Gasteiger partial charge in [-0.3, -0.25) is 0 Å². The minimum Gasteiger partial charge on any atom is -0.489 e. The summed E-state index contributed by atoms with van der Waals surface area (Å²) in [7, 11) is 0. The fraction of sp³-hybridized carbons (Fsp3) is 0.619. The quantitative estimate of drug-likeness (QED) is 0.588. The van der Waals surface area contributed by atoms with Crippen LogP contribution in [0.4, 0.5) is 0 Å². The molecule has 1 aromatic carbocycles. The summed E-state index contributed by atoms with van der Waals surface area (Å²) in [6.45, 7) is 16.3. The van der Waals surface area contributed by atoms with E-state index in [2.05, 4.69) is 65.5 Å². The molecule has 2 nitrogen and oxygen atoms in total. The first-order valence-corrected chi connectivity index (χ1v) is 8.66. The van der Waals surface area contributed by atoms with Crippen LogP contribution >= 0.6 is 0 Å². The Bertz CT molecular complexity index is 535. The Hall–Kier alpha value is -1.62. The molecule has 0 saturated carbocycles. The van der Waals surface area contributed by atoms with Gasteiger partial charge in [-0.05, 0) is 42.4 Å². The Morgan fingerprint density at radius 1 is 0.870 bits per heavy atom. The molecule has 0 radical (unpaired) electrons. The maximum Gasteiger partial charge on any atom is 0.161 e. The zero-order valence-electron chi connectivity index (χ0n) is 15.8. The Morgan fingerprint density at radius 3 is 1.96 bits per heavy atom. The Labute approximate surface area is 142 Å². The largest absolute Gasteiger partial charge is 0.489 e. The molecule has 0 fully saturated rings. The van der Waals surface area contributed by atoms with Crippen molar-refractivity contribution in [2.24, 2.45) is 17.8 Å². The fourth-order valence-corrected chi connectivity index (χ4v) is 2.19. The predicted molar refractivity (Wildman–Crippen MR) is 98.1 cm³/mol. The summed E-state index contributed by atoms with van der Waals surface area (Å²) in [5.41, 5.74) is 1.25. The molecule has 0 bridgehead atoms. The molecular formula is C21H32O2. The van der Waals surface area contributed by atoms with Crippen LogP contribution in [0.25, 0.3) is 0 Å². The van der Waals surface area contributed by atoms with Crippen LogP contribution < -0.4 is 9.47 Å². The molecule has 0 aliphatic heterocycles. The van der Waals surface area contributed by atoms with Crippen molar-refractivity contribution < 1.29 is 9.47 Å². The van der Waals surface area contributed by atoms with Gasteiger partial charge in [0.15, 0.2) is 11.5 Å². The average molecular weight is 316 g/mol. The van der Waals surface area contributed by atoms with Crippen molar-refractivity contribution >= 4 is 0 Å². The first-order valence-electron chi connectivity index (χ1n) is 8.66. The molecule has 0 N–H and O–H groups in total. The van der Waals surface area contributed by atoms with Gasteiger partial charge in [0.1, 0.15) is 0 Å². The lowest BCUT2D eigenvalue weighted by Crippen LogP contribution is -2.10. The molecule has 0 amide bonds. The van der Waals surface area contributed by atoms with Gasteiger partial charge >= 0.3 is 0 Å². The van der Waals surface area contributed by atoms with Crippen LogP contribution in [0, 0.1) is 29.6 Å². The standard InChI is InChI=1S/C21H32O2/c1-8-9-17(6)18(7)19-10-11-20(22-13-15(2)3)21(12-19)23-14-16(4)5/h10-12,15-18H,13-14H2,1-7H3. The van der Waals surface area contributed by atoms with E-state index in [9.17, 15) is 0 Å². The Morgan fingerprint density at radius 2 is 1.43 bits per heavy atom. The van der Waals surface area contributed by atoms with Gasteiger partial charge in [-0.15, -0.1) is 5.92 Å². The summed E-state index contributed by atoms with van der Waals surface area (Å²) in [6, 6.07) is 6.29. The van der Waals surface area contributed by atoms with Crippen LogP contribution in [0.15, 0.2) is 18.2 Å². The van der Waals surface area contributed by atoms with Crippen molar-refractivity contribution in [3.8, 4) is 23.3 Å². The highest BCUT2D eigenvalue weighted by Gasteiger charge is 2.16. The minimum atomic E-state index is 0.320. The van der Waals surface area contributed by atoms with Crippen molar-refractivity contribution in [1.29, 1.82) is 0 Å². The van der Waals surface area contributed by atoms with Crippen molar-refractivity contribution in [2.75, 3.05) is 13.2 Å². The molecule has 0 aliphatic rings. The molecule has 23 heavy (non-hydrogen) atoms. The van der Waals surface area contributed by atoms with Gasteiger partial charge in [0, 0.05) is 5.92 Å². The van der Waals surface area contributed by atoms with Gasteiger partial charge in [0.25, 0.3) is 0 Å². The second kappa shape index (κ2) is 9.50. The summed E-state index contributed by atoms with van der Waals surface area (Å²) < 4.78 is 11.9. The number of hydrogen-bond donors (Lipinski definition) is 0. The second-order valence-corrected chi connectivity index (χ2v) is 7.09. The molecule has 0 saturated heterocycles. The van der Waals surface area contributed by atoms with E-state index >= 15 is 0 Å². The summed E-state index contributed by atoms with van der Waals surface area (Å²) in [5, 5.41) is 0. The lowest BCUT2D eigenvalue weighted by Gasteiger charge is -2.20. The van der Waals surface area contributed by atoms with Crippen molar-refractivity contribution in [2.45, 2.75) is 54.4 Å². The third-order valence-corrected chi connectivity index (χ3v) is 3.76. The number of ether oxygens (including phenoxy) is 2. The van der Waals surface area contributed by atoms with Crippen LogP contribution in [0.5, 0.6) is 11.5 Å². The topological polar surface area (TPSA) is 18.5 Å². The Kier molecular flexibility index (Phi) is 8.03. The molecule has 2 atom stereocenters. The zero-order valence-corrected chi connectivity index (χ0v) is 15.8.